The Bertz CT molecular complexity index is 450. The molecule has 1 aromatic heterocycles. The van der Waals surface area contributed by atoms with Gasteiger partial charge in [-0.05, 0) is 31.3 Å². The van der Waals surface area contributed by atoms with Crippen LogP contribution in [-0.4, -0.2) is 18.6 Å². The van der Waals surface area contributed by atoms with Gasteiger partial charge in [-0.2, -0.15) is 0 Å². The van der Waals surface area contributed by atoms with E-state index in [-0.39, 0.29) is 0 Å². The Morgan fingerprint density at radius 3 is 2.75 bits per heavy atom. The summed E-state index contributed by atoms with van der Waals surface area (Å²) in [6.45, 7) is 0.909. The highest BCUT2D eigenvalue weighted by atomic mass is 79.9. The molecule has 0 fully saturated rings. The molecule has 4 heteroatoms. The number of aromatic nitrogens is 1. The van der Waals surface area contributed by atoms with Crippen molar-refractivity contribution >= 4 is 15.9 Å². The highest BCUT2D eigenvalue weighted by Crippen LogP contribution is 2.21. The summed E-state index contributed by atoms with van der Waals surface area (Å²) in [5.41, 5.74) is 1.98. The number of rotatable bonds is 4. The minimum atomic E-state index is 0.679. The van der Waals surface area contributed by atoms with Gasteiger partial charge in [-0.3, -0.25) is 0 Å². The number of halogens is 1. The normalized spacial score (nSPS) is 10.6. The number of likely N-dealkylation sites (N-methyl/N-ethyl adjacent to an activating group) is 1. The van der Waals surface area contributed by atoms with Gasteiger partial charge in [0.2, 0.25) is 5.89 Å². The van der Waals surface area contributed by atoms with Gasteiger partial charge >= 0.3 is 0 Å². The standard InChI is InChI=1S/C12H13BrN2O/c1-14-7-6-11-8-16-12(15-11)9-2-4-10(13)5-3-9/h2-5,8,14H,6-7H2,1H3. The van der Waals surface area contributed by atoms with Crippen molar-refractivity contribution in [1.82, 2.24) is 10.3 Å². The topological polar surface area (TPSA) is 38.1 Å². The van der Waals surface area contributed by atoms with Crippen molar-refractivity contribution in [2.24, 2.45) is 0 Å². The maximum Gasteiger partial charge on any atom is 0.226 e. The zero-order valence-electron chi connectivity index (χ0n) is 9.03. The molecule has 0 saturated heterocycles. The molecule has 0 aliphatic rings. The maximum atomic E-state index is 5.43. The van der Waals surface area contributed by atoms with Gasteiger partial charge in [0.15, 0.2) is 0 Å². The van der Waals surface area contributed by atoms with E-state index in [0.717, 1.165) is 28.7 Å². The summed E-state index contributed by atoms with van der Waals surface area (Å²) in [5.74, 6) is 0.679. The van der Waals surface area contributed by atoms with Crippen molar-refractivity contribution in [1.29, 1.82) is 0 Å². The van der Waals surface area contributed by atoms with Crippen LogP contribution in [0.1, 0.15) is 5.69 Å². The number of nitrogens with zero attached hydrogens (tertiary/aromatic N) is 1. The van der Waals surface area contributed by atoms with Gasteiger partial charge in [-0.15, -0.1) is 0 Å². The summed E-state index contributed by atoms with van der Waals surface area (Å²) in [6, 6.07) is 7.93. The van der Waals surface area contributed by atoms with Gasteiger partial charge in [0.05, 0.1) is 5.69 Å². The molecule has 3 nitrogen and oxygen atoms in total. The average Bonchev–Trinajstić information content (AvgIpc) is 2.76. The van der Waals surface area contributed by atoms with Crippen molar-refractivity contribution in [3.05, 3.63) is 40.7 Å². The zero-order chi connectivity index (χ0) is 11.4. The fourth-order valence-electron chi connectivity index (χ4n) is 1.40. The fraction of sp³-hybridized carbons (Fsp3) is 0.250. The van der Waals surface area contributed by atoms with Crippen LogP contribution in [0.25, 0.3) is 11.5 Å². The largest absolute Gasteiger partial charge is 0.444 e. The molecule has 16 heavy (non-hydrogen) atoms. The Morgan fingerprint density at radius 1 is 1.31 bits per heavy atom. The monoisotopic (exact) mass is 280 g/mol. The molecule has 0 amide bonds. The minimum Gasteiger partial charge on any atom is -0.444 e. The number of hydrogen-bond acceptors (Lipinski definition) is 3. The molecular weight excluding hydrogens is 268 g/mol. The van der Waals surface area contributed by atoms with E-state index in [0.29, 0.717) is 5.89 Å². The number of benzene rings is 1. The van der Waals surface area contributed by atoms with Crippen LogP contribution in [0.5, 0.6) is 0 Å². The third-order valence-corrected chi connectivity index (χ3v) is 2.80. The minimum absolute atomic E-state index is 0.679. The summed E-state index contributed by atoms with van der Waals surface area (Å²) in [4.78, 5) is 4.43. The SMILES string of the molecule is CNCCc1coc(-c2ccc(Br)cc2)n1. The lowest BCUT2D eigenvalue weighted by Gasteiger charge is -1.95. The molecule has 0 aliphatic heterocycles. The van der Waals surface area contributed by atoms with Crippen molar-refractivity contribution < 1.29 is 4.42 Å². The van der Waals surface area contributed by atoms with Gasteiger partial charge < -0.3 is 9.73 Å². The first-order chi connectivity index (χ1) is 7.79. The average molecular weight is 281 g/mol. The van der Waals surface area contributed by atoms with E-state index in [1.54, 1.807) is 6.26 Å². The molecular formula is C12H13BrN2O. The molecule has 1 aromatic carbocycles. The van der Waals surface area contributed by atoms with Gasteiger partial charge in [0, 0.05) is 23.0 Å². The van der Waals surface area contributed by atoms with Crippen molar-refractivity contribution in [2.45, 2.75) is 6.42 Å². The third-order valence-electron chi connectivity index (χ3n) is 2.27. The first-order valence-electron chi connectivity index (χ1n) is 5.14. The molecule has 84 valence electrons. The lowest BCUT2D eigenvalue weighted by Crippen LogP contribution is -2.10. The maximum absolute atomic E-state index is 5.43. The van der Waals surface area contributed by atoms with Crippen LogP contribution in [0.3, 0.4) is 0 Å². The van der Waals surface area contributed by atoms with E-state index in [2.05, 4.69) is 26.2 Å². The van der Waals surface area contributed by atoms with Crippen LogP contribution in [-0.2, 0) is 6.42 Å². The number of oxazole rings is 1. The van der Waals surface area contributed by atoms with Gasteiger partial charge in [-0.1, -0.05) is 15.9 Å². The van der Waals surface area contributed by atoms with Crippen molar-refractivity contribution in [2.75, 3.05) is 13.6 Å². The Balaban J connectivity index is 2.15. The van der Waals surface area contributed by atoms with Crippen LogP contribution >= 0.6 is 15.9 Å². The molecule has 0 atom stereocenters. The third kappa shape index (κ3) is 2.71. The molecule has 1 N–H and O–H groups in total. The van der Waals surface area contributed by atoms with Crippen molar-refractivity contribution in [3.8, 4) is 11.5 Å². The summed E-state index contributed by atoms with van der Waals surface area (Å²) >= 11 is 3.40. The van der Waals surface area contributed by atoms with E-state index < -0.39 is 0 Å². The second kappa shape index (κ2) is 5.27. The highest BCUT2D eigenvalue weighted by molar-refractivity contribution is 9.10. The van der Waals surface area contributed by atoms with Crippen LogP contribution < -0.4 is 5.32 Å². The fourth-order valence-corrected chi connectivity index (χ4v) is 1.66. The first-order valence-corrected chi connectivity index (χ1v) is 5.94. The second-order valence-corrected chi connectivity index (χ2v) is 4.42. The molecule has 0 radical (unpaired) electrons. The molecule has 0 spiro atoms. The van der Waals surface area contributed by atoms with E-state index in [9.17, 15) is 0 Å². The van der Waals surface area contributed by atoms with E-state index in [4.69, 9.17) is 4.42 Å². The Labute approximate surface area is 103 Å². The molecule has 1 heterocycles. The Morgan fingerprint density at radius 2 is 2.06 bits per heavy atom. The molecule has 0 saturated carbocycles. The lowest BCUT2D eigenvalue weighted by atomic mass is 10.2. The van der Waals surface area contributed by atoms with Gasteiger partial charge in [0.1, 0.15) is 6.26 Å². The van der Waals surface area contributed by atoms with Gasteiger partial charge in [0.25, 0.3) is 0 Å². The second-order valence-electron chi connectivity index (χ2n) is 3.50. The van der Waals surface area contributed by atoms with Crippen molar-refractivity contribution in [3.63, 3.8) is 0 Å². The Hall–Kier alpha value is -1.13. The highest BCUT2D eigenvalue weighted by Gasteiger charge is 2.05. The van der Waals surface area contributed by atoms with Crippen LogP contribution in [0.2, 0.25) is 0 Å². The van der Waals surface area contributed by atoms with Crippen LogP contribution in [0.15, 0.2) is 39.4 Å². The van der Waals surface area contributed by atoms with E-state index in [1.165, 1.54) is 0 Å². The molecule has 0 aliphatic carbocycles. The summed E-state index contributed by atoms with van der Waals surface area (Å²) in [7, 11) is 1.93. The summed E-state index contributed by atoms with van der Waals surface area (Å²) in [5, 5.41) is 3.08. The van der Waals surface area contributed by atoms with Crippen LogP contribution in [0.4, 0.5) is 0 Å². The quantitative estimate of drug-likeness (QED) is 0.936. The lowest BCUT2D eigenvalue weighted by molar-refractivity contribution is 0.572. The van der Waals surface area contributed by atoms with E-state index >= 15 is 0 Å². The number of nitrogens with one attached hydrogen (secondary N) is 1. The zero-order valence-corrected chi connectivity index (χ0v) is 10.6. The Kier molecular flexibility index (Phi) is 3.74. The smallest absolute Gasteiger partial charge is 0.226 e. The molecule has 2 rings (SSSR count). The van der Waals surface area contributed by atoms with Gasteiger partial charge in [-0.25, -0.2) is 4.98 Å². The predicted octanol–water partition coefficient (Wildman–Crippen LogP) is 2.87. The van der Waals surface area contributed by atoms with Crippen LogP contribution in [0, 0.1) is 0 Å². The molecule has 2 aromatic rings. The predicted molar refractivity (Wildman–Crippen MR) is 67.3 cm³/mol. The first kappa shape index (κ1) is 11.4. The molecule has 0 bridgehead atoms. The van der Waals surface area contributed by atoms with E-state index in [1.807, 2.05) is 31.3 Å². The number of hydrogen-bond donors (Lipinski definition) is 1. The molecule has 0 unspecified atom stereocenters. The summed E-state index contributed by atoms with van der Waals surface area (Å²) in [6.07, 6.45) is 2.60. The summed E-state index contributed by atoms with van der Waals surface area (Å²) < 4.78 is 6.49.